The van der Waals surface area contributed by atoms with E-state index in [0.29, 0.717) is 24.4 Å². The fourth-order valence-corrected chi connectivity index (χ4v) is 4.66. The van der Waals surface area contributed by atoms with Crippen LogP contribution in [-0.2, 0) is 17.6 Å². The number of carbonyl (C=O) groups excluding carboxylic acids is 1. The molecule has 1 aromatic heterocycles. The van der Waals surface area contributed by atoms with Gasteiger partial charge in [0, 0.05) is 36.5 Å². The Morgan fingerprint density at radius 2 is 1.88 bits per heavy atom. The minimum atomic E-state index is -0.560. The Bertz CT molecular complexity index is 1160. The number of fused-ring (bicyclic) bond motifs is 1. The second kappa shape index (κ2) is 10.8. The Morgan fingerprint density at radius 3 is 2.59 bits per heavy atom. The summed E-state index contributed by atoms with van der Waals surface area (Å²) in [6.45, 7) is 4.18. The van der Waals surface area contributed by atoms with Crippen LogP contribution in [0.15, 0.2) is 71.7 Å². The van der Waals surface area contributed by atoms with Gasteiger partial charge in [-0.2, -0.15) is 0 Å². The van der Waals surface area contributed by atoms with Crippen molar-refractivity contribution in [3.63, 3.8) is 0 Å². The smallest absolute Gasteiger partial charge is 0.254 e. The molecule has 0 bridgehead atoms. The van der Waals surface area contributed by atoms with Crippen molar-refractivity contribution < 1.29 is 9.90 Å². The summed E-state index contributed by atoms with van der Waals surface area (Å²) in [7, 11) is 0. The van der Waals surface area contributed by atoms with Crippen LogP contribution in [0.4, 0.5) is 5.69 Å². The summed E-state index contributed by atoms with van der Waals surface area (Å²) in [5.74, 6) is 0.463. The third kappa shape index (κ3) is 5.43. The molecule has 0 aliphatic carbocycles. The van der Waals surface area contributed by atoms with Gasteiger partial charge in [0.1, 0.15) is 11.9 Å². The number of aliphatic hydroxyl groups excluding tert-OH is 1. The molecule has 4 rings (SSSR count). The summed E-state index contributed by atoms with van der Waals surface area (Å²) < 4.78 is 1.49. The van der Waals surface area contributed by atoms with Crippen molar-refractivity contribution in [2.24, 2.45) is 0 Å². The van der Waals surface area contributed by atoms with E-state index in [9.17, 15) is 14.7 Å². The number of aliphatic hydroxyl groups is 1. The highest BCUT2D eigenvalue weighted by Gasteiger charge is 2.29. The number of hydrogen-bond acceptors (Lipinski definition) is 5. The standard InChI is InChI=1S/C27H32N4O3/c1-3-22(26(33)20-7-5-4-6-8-20)29-18(2)17-19-9-11-21(12-10-19)30-27(34)23-13-14-24-28-16-15-25(32)31(23)24/h4-12,15-16,18,22-23,26,29,33H,3,13-14,17H2,1-2H3,(H,30,34). The van der Waals surface area contributed by atoms with E-state index < -0.39 is 12.1 Å². The molecule has 0 saturated heterocycles. The van der Waals surface area contributed by atoms with Crippen molar-refractivity contribution in [1.82, 2.24) is 14.9 Å². The SMILES string of the molecule is CCC(NC(C)Cc1ccc(NC(=O)C2CCc3nccc(=O)n32)cc1)C(O)c1ccccc1. The lowest BCUT2D eigenvalue weighted by molar-refractivity contribution is -0.119. The minimum Gasteiger partial charge on any atom is -0.387 e. The van der Waals surface area contributed by atoms with Crippen LogP contribution in [-0.4, -0.2) is 32.6 Å². The van der Waals surface area contributed by atoms with Crippen molar-refractivity contribution in [3.05, 3.63) is 94.2 Å². The molecule has 1 aliphatic heterocycles. The number of carbonyl (C=O) groups is 1. The quantitative estimate of drug-likeness (QED) is 0.455. The highest BCUT2D eigenvalue weighted by molar-refractivity contribution is 5.94. The second-order valence-electron chi connectivity index (χ2n) is 8.95. The number of amides is 1. The van der Waals surface area contributed by atoms with Crippen LogP contribution >= 0.6 is 0 Å². The molecule has 2 aromatic carbocycles. The average Bonchev–Trinajstić information content (AvgIpc) is 3.30. The lowest BCUT2D eigenvalue weighted by atomic mass is 9.98. The third-order valence-electron chi connectivity index (χ3n) is 6.44. The van der Waals surface area contributed by atoms with Gasteiger partial charge in [-0.1, -0.05) is 49.4 Å². The van der Waals surface area contributed by atoms with Crippen LogP contribution in [0.2, 0.25) is 0 Å². The maximum Gasteiger partial charge on any atom is 0.254 e. The Hall–Kier alpha value is -3.29. The summed E-state index contributed by atoms with van der Waals surface area (Å²) in [4.78, 5) is 29.2. The molecule has 2 heterocycles. The lowest BCUT2D eigenvalue weighted by Crippen LogP contribution is -2.41. The van der Waals surface area contributed by atoms with Crippen LogP contribution < -0.4 is 16.2 Å². The molecule has 0 spiro atoms. The molecular weight excluding hydrogens is 428 g/mol. The number of nitrogens with zero attached hydrogens (tertiary/aromatic N) is 2. The first kappa shape index (κ1) is 23.9. The molecule has 178 valence electrons. The van der Waals surface area contributed by atoms with Gasteiger partial charge in [-0.05, 0) is 49.4 Å². The zero-order chi connectivity index (χ0) is 24.1. The fourth-order valence-electron chi connectivity index (χ4n) is 4.66. The Kier molecular flexibility index (Phi) is 7.55. The first-order valence-electron chi connectivity index (χ1n) is 11.9. The van der Waals surface area contributed by atoms with E-state index in [2.05, 4.69) is 29.5 Å². The maximum atomic E-state index is 12.8. The summed E-state index contributed by atoms with van der Waals surface area (Å²) in [6, 6.07) is 18.5. The average molecular weight is 461 g/mol. The molecule has 0 radical (unpaired) electrons. The molecule has 0 saturated carbocycles. The predicted molar refractivity (Wildman–Crippen MR) is 133 cm³/mol. The molecular formula is C27H32N4O3. The summed E-state index contributed by atoms with van der Waals surface area (Å²) in [5.41, 5.74) is 2.55. The molecule has 3 N–H and O–H groups in total. The minimum absolute atomic E-state index is 0.0388. The van der Waals surface area contributed by atoms with Gasteiger partial charge in [-0.3, -0.25) is 14.2 Å². The molecule has 4 unspecified atom stereocenters. The van der Waals surface area contributed by atoms with Gasteiger partial charge >= 0.3 is 0 Å². The first-order valence-corrected chi connectivity index (χ1v) is 11.9. The van der Waals surface area contributed by atoms with Gasteiger partial charge in [0.2, 0.25) is 5.91 Å². The first-order chi connectivity index (χ1) is 16.5. The maximum absolute atomic E-state index is 12.8. The van der Waals surface area contributed by atoms with Gasteiger partial charge in [-0.15, -0.1) is 0 Å². The molecule has 1 aliphatic rings. The van der Waals surface area contributed by atoms with E-state index in [-0.39, 0.29) is 23.6 Å². The van der Waals surface area contributed by atoms with Gasteiger partial charge in [-0.25, -0.2) is 4.98 Å². The zero-order valence-electron chi connectivity index (χ0n) is 19.6. The summed E-state index contributed by atoms with van der Waals surface area (Å²) >= 11 is 0. The van der Waals surface area contributed by atoms with Gasteiger partial charge in [0.15, 0.2) is 0 Å². The van der Waals surface area contributed by atoms with E-state index in [0.717, 1.165) is 24.0 Å². The van der Waals surface area contributed by atoms with Crippen molar-refractivity contribution >= 4 is 11.6 Å². The molecule has 34 heavy (non-hydrogen) atoms. The van der Waals surface area contributed by atoms with E-state index in [4.69, 9.17) is 0 Å². The highest BCUT2D eigenvalue weighted by atomic mass is 16.3. The Labute approximate surface area is 199 Å². The van der Waals surface area contributed by atoms with Gasteiger partial charge in [0.25, 0.3) is 5.56 Å². The van der Waals surface area contributed by atoms with Crippen molar-refractivity contribution in [2.75, 3.05) is 5.32 Å². The molecule has 1 amide bonds. The Balaban J connectivity index is 1.33. The van der Waals surface area contributed by atoms with E-state index >= 15 is 0 Å². The monoisotopic (exact) mass is 460 g/mol. The van der Waals surface area contributed by atoms with Gasteiger partial charge in [0.05, 0.1) is 6.10 Å². The van der Waals surface area contributed by atoms with Crippen molar-refractivity contribution in [2.45, 2.75) is 63.8 Å². The van der Waals surface area contributed by atoms with Crippen LogP contribution in [0.5, 0.6) is 0 Å². The summed E-state index contributed by atoms with van der Waals surface area (Å²) in [5, 5.41) is 17.2. The number of hydrogen-bond donors (Lipinski definition) is 3. The van der Waals surface area contributed by atoms with Crippen molar-refractivity contribution in [1.29, 1.82) is 0 Å². The third-order valence-corrected chi connectivity index (χ3v) is 6.44. The number of benzene rings is 2. The van der Waals surface area contributed by atoms with Crippen LogP contribution in [0.1, 0.15) is 55.8 Å². The largest absolute Gasteiger partial charge is 0.387 e. The number of anilines is 1. The zero-order valence-corrected chi connectivity index (χ0v) is 19.6. The molecule has 4 atom stereocenters. The van der Waals surface area contributed by atoms with Crippen LogP contribution in [0.3, 0.4) is 0 Å². The van der Waals surface area contributed by atoms with E-state index in [1.165, 1.54) is 16.8 Å². The van der Waals surface area contributed by atoms with Crippen molar-refractivity contribution in [3.8, 4) is 0 Å². The summed E-state index contributed by atoms with van der Waals surface area (Å²) in [6.07, 6.45) is 3.74. The number of nitrogens with one attached hydrogen (secondary N) is 2. The molecule has 3 aromatic rings. The molecule has 0 fully saturated rings. The number of rotatable bonds is 9. The van der Waals surface area contributed by atoms with E-state index in [1.54, 1.807) is 0 Å². The predicted octanol–water partition coefficient (Wildman–Crippen LogP) is 3.40. The van der Waals surface area contributed by atoms with Gasteiger partial charge < -0.3 is 15.7 Å². The fraction of sp³-hybridized carbons (Fsp3) is 0.370. The molecule has 7 heteroatoms. The molecule has 7 nitrogen and oxygen atoms in total. The number of aryl methyl sites for hydroxylation is 1. The lowest BCUT2D eigenvalue weighted by Gasteiger charge is -2.27. The second-order valence-corrected chi connectivity index (χ2v) is 8.95. The van der Waals surface area contributed by atoms with Crippen LogP contribution in [0.25, 0.3) is 0 Å². The Morgan fingerprint density at radius 1 is 1.15 bits per heavy atom. The highest BCUT2D eigenvalue weighted by Crippen LogP contribution is 2.24. The normalized spacial score (nSPS) is 17.6. The topological polar surface area (TPSA) is 96.3 Å². The number of aromatic nitrogens is 2. The van der Waals surface area contributed by atoms with E-state index in [1.807, 2.05) is 54.6 Å². The van der Waals surface area contributed by atoms with Crippen LogP contribution in [0, 0.1) is 0 Å².